The molecule has 0 saturated heterocycles. The fourth-order valence-corrected chi connectivity index (χ4v) is 3.00. The van der Waals surface area contributed by atoms with Crippen molar-refractivity contribution in [2.75, 3.05) is 13.2 Å². The highest BCUT2D eigenvalue weighted by molar-refractivity contribution is 5.38. The summed E-state index contributed by atoms with van der Waals surface area (Å²) < 4.78 is 5.73. The highest BCUT2D eigenvalue weighted by Gasteiger charge is 2.21. The zero-order chi connectivity index (χ0) is 14.7. The number of benzene rings is 2. The van der Waals surface area contributed by atoms with Gasteiger partial charge in [0.2, 0.25) is 0 Å². The fourth-order valence-electron chi connectivity index (χ4n) is 3.00. The van der Waals surface area contributed by atoms with E-state index >= 15 is 0 Å². The molecule has 0 amide bonds. The van der Waals surface area contributed by atoms with Crippen LogP contribution in [-0.4, -0.2) is 13.2 Å². The molecule has 21 heavy (non-hydrogen) atoms. The Labute approximate surface area is 127 Å². The molecule has 3 rings (SSSR count). The van der Waals surface area contributed by atoms with Gasteiger partial charge in [-0.05, 0) is 37.5 Å². The van der Waals surface area contributed by atoms with Gasteiger partial charge in [-0.3, -0.25) is 0 Å². The van der Waals surface area contributed by atoms with Gasteiger partial charge in [-0.15, -0.1) is 0 Å². The Morgan fingerprint density at radius 3 is 2.90 bits per heavy atom. The lowest BCUT2D eigenvalue weighted by atomic mass is 9.92. The van der Waals surface area contributed by atoms with Gasteiger partial charge in [-0.1, -0.05) is 48.0 Å². The van der Waals surface area contributed by atoms with E-state index in [9.17, 15) is 0 Å². The molecule has 1 aliphatic heterocycles. The topological polar surface area (TPSA) is 21.3 Å². The monoisotopic (exact) mass is 281 g/mol. The zero-order valence-electron chi connectivity index (χ0n) is 12.8. The quantitative estimate of drug-likeness (QED) is 0.906. The molecule has 0 bridgehead atoms. The molecule has 1 unspecified atom stereocenters. The van der Waals surface area contributed by atoms with Crippen LogP contribution in [0.3, 0.4) is 0 Å². The van der Waals surface area contributed by atoms with Crippen LogP contribution < -0.4 is 10.1 Å². The first-order valence-electron chi connectivity index (χ1n) is 7.75. The molecule has 1 aliphatic rings. The largest absolute Gasteiger partial charge is 0.493 e. The summed E-state index contributed by atoms with van der Waals surface area (Å²) in [6.07, 6.45) is 1.09. The van der Waals surface area contributed by atoms with E-state index in [0.717, 1.165) is 25.3 Å². The van der Waals surface area contributed by atoms with Crippen LogP contribution >= 0.6 is 0 Å². The second kappa shape index (κ2) is 6.31. The number of para-hydroxylation sites is 1. The van der Waals surface area contributed by atoms with Crippen molar-refractivity contribution in [1.29, 1.82) is 0 Å². The van der Waals surface area contributed by atoms with Crippen LogP contribution in [0, 0.1) is 6.92 Å². The second-order valence-corrected chi connectivity index (χ2v) is 5.92. The van der Waals surface area contributed by atoms with Crippen LogP contribution in [-0.2, 0) is 0 Å². The normalized spacial score (nSPS) is 18.7. The Bertz CT molecular complexity index is 608. The molecule has 2 nitrogen and oxygen atoms in total. The minimum absolute atomic E-state index is 0.375. The number of fused-ring (bicyclic) bond motifs is 1. The van der Waals surface area contributed by atoms with Gasteiger partial charge in [-0.25, -0.2) is 0 Å². The number of nitrogens with one attached hydrogen (secondary N) is 1. The van der Waals surface area contributed by atoms with Gasteiger partial charge in [0, 0.05) is 18.5 Å². The number of aryl methyl sites for hydroxylation is 1. The van der Waals surface area contributed by atoms with Crippen molar-refractivity contribution in [2.45, 2.75) is 32.2 Å². The van der Waals surface area contributed by atoms with E-state index in [1.807, 2.05) is 6.07 Å². The number of rotatable bonds is 4. The minimum atomic E-state index is 0.375. The first-order chi connectivity index (χ1) is 10.2. The molecular formula is C19H23NO. The number of hydrogen-bond acceptors (Lipinski definition) is 2. The molecule has 0 fully saturated rings. The zero-order valence-corrected chi connectivity index (χ0v) is 12.8. The van der Waals surface area contributed by atoms with Crippen LogP contribution in [0.1, 0.15) is 42.0 Å². The van der Waals surface area contributed by atoms with Crippen LogP contribution in [0.25, 0.3) is 0 Å². The summed E-state index contributed by atoms with van der Waals surface area (Å²) in [4.78, 5) is 0. The molecule has 0 radical (unpaired) electrons. The SMILES string of the molecule is Cc1cccc([C@@H](C)NCC2CCOc3ccccc32)c1. The van der Waals surface area contributed by atoms with E-state index in [4.69, 9.17) is 4.74 Å². The van der Waals surface area contributed by atoms with Crippen LogP contribution in [0.5, 0.6) is 5.75 Å². The van der Waals surface area contributed by atoms with Gasteiger partial charge in [-0.2, -0.15) is 0 Å². The Morgan fingerprint density at radius 2 is 2.05 bits per heavy atom. The van der Waals surface area contributed by atoms with Crippen molar-refractivity contribution in [2.24, 2.45) is 0 Å². The molecule has 0 spiro atoms. The van der Waals surface area contributed by atoms with E-state index in [-0.39, 0.29) is 0 Å². The number of hydrogen-bond donors (Lipinski definition) is 1. The van der Waals surface area contributed by atoms with Gasteiger partial charge < -0.3 is 10.1 Å². The van der Waals surface area contributed by atoms with E-state index < -0.39 is 0 Å². The summed E-state index contributed by atoms with van der Waals surface area (Å²) in [6, 6.07) is 17.5. The minimum Gasteiger partial charge on any atom is -0.493 e. The lowest BCUT2D eigenvalue weighted by Gasteiger charge is -2.27. The molecule has 0 aromatic heterocycles. The molecule has 110 valence electrons. The van der Waals surface area contributed by atoms with Gasteiger partial charge in [0.25, 0.3) is 0 Å². The molecule has 2 aromatic carbocycles. The van der Waals surface area contributed by atoms with E-state index in [1.54, 1.807) is 0 Å². The van der Waals surface area contributed by atoms with Crippen LogP contribution in [0.15, 0.2) is 48.5 Å². The van der Waals surface area contributed by atoms with Gasteiger partial charge in [0.05, 0.1) is 6.61 Å². The average molecular weight is 281 g/mol. The summed E-state index contributed by atoms with van der Waals surface area (Å²) in [5.74, 6) is 1.60. The van der Waals surface area contributed by atoms with Crippen LogP contribution in [0.4, 0.5) is 0 Å². The third-order valence-electron chi connectivity index (χ3n) is 4.30. The summed E-state index contributed by atoms with van der Waals surface area (Å²) in [7, 11) is 0. The maximum atomic E-state index is 5.73. The first kappa shape index (κ1) is 14.2. The molecule has 1 N–H and O–H groups in total. The average Bonchev–Trinajstić information content (AvgIpc) is 2.52. The third-order valence-corrected chi connectivity index (χ3v) is 4.30. The lowest BCUT2D eigenvalue weighted by Crippen LogP contribution is -2.28. The highest BCUT2D eigenvalue weighted by atomic mass is 16.5. The Balaban J connectivity index is 1.66. The molecule has 1 heterocycles. The van der Waals surface area contributed by atoms with Crippen molar-refractivity contribution < 1.29 is 4.74 Å². The van der Waals surface area contributed by atoms with Crippen molar-refractivity contribution in [3.8, 4) is 5.75 Å². The maximum Gasteiger partial charge on any atom is 0.122 e. The maximum absolute atomic E-state index is 5.73. The van der Waals surface area contributed by atoms with Crippen molar-refractivity contribution in [3.63, 3.8) is 0 Å². The van der Waals surface area contributed by atoms with E-state index in [0.29, 0.717) is 12.0 Å². The summed E-state index contributed by atoms with van der Waals surface area (Å²) >= 11 is 0. The molecule has 0 aliphatic carbocycles. The Kier molecular flexibility index (Phi) is 4.26. The van der Waals surface area contributed by atoms with Gasteiger partial charge >= 0.3 is 0 Å². The van der Waals surface area contributed by atoms with Crippen molar-refractivity contribution in [3.05, 3.63) is 65.2 Å². The van der Waals surface area contributed by atoms with Crippen molar-refractivity contribution >= 4 is 0 Å². The smallest absolute Gasteiger partial charge is 0.122 e. The highest BCUT2D eigenvalue weighted by Crippen LogP contribution is 2.33. The second-order valence-electron chi connectivity index (χ2n) is 5.92. The standard InChI is InChI=1S/C19H23NO/c1-14-6-5-7-16(12-14)15(2)20-13-17-10-11-21-19-9-4-3-8-18(17)19/h3-9,12,15,17,20H,10-11,13H2,1-2H3/t15-,17?/m1/s1. The van der Waals surface area contributed by atoms with Crippen molar-refractivity contribution in [1.82, 2.24) is 5.32 Å². The summed E-state index contributed by atoms with van der Waals surface area (Å²) in [5, 5.41) is 3.68. The molecule has 2 heteroatoms. The molecule has 2 atom stereocenters. The predicted molar refractivity (Wildman–Crippen MR) is 86.9 cm³/mol. The van der Waals surface area contributed by atoms with Gasteiger partial charge in [0.1, 0.15) is 5.75 Å². The molecule has 0 saturated carbocycles. The van der Waals surface area contributed by atoms with Crippen LogP contribution in [0.2, 0.25) is 0 Å². The van der Waals surface area contributed by atoms with E-state index in [2.05, 4.69) is 61.6 Å². The fraction of sp³-hybridized carbons (Fsp3) is 0.368. The Hall–Kier alpha value is -1.80. The molecule has 2 aromatic rings. The number of ether oxygens (including phenoxy) is 1. The summed E-state index contributed by atoms with van der Waals surface area (Å²) in [5.41, 5.74) is 4.01. The lowest BCUT2D eigenvalue weighted by molar-refractivity contribution is 0.263. The molecular weight excluding hydrogens is 258 g/mol. The summed E-state index contributed by atoms with van der Waals surface area (Å²) in [6.45, 7) is 6.20. The third kappa shape index (κ3) is 3.27. The predicted octanol–water partition coefficient (Wildman–Crippen LogP) is 4.21. The van der Waals surface area contributed by atoms with E-state index in [1.165, 1.54) is 16.7 Å². The Morgan fingerprint density at radius 1 is 1.19 bits per heavy atom. The first-order valence-corrected chi connectivity index (χ1v) is 7.75. The van der Waals surface area contributed by atoms with Gasteiger partial charge in [0.15, 0.2) is 0 Å².